The smallest absolute Gasteiger partial charge is 0.323 e. The van der Waals surface area contributed by atoms with E-state index >= 15 is 0 Å². The molecule has 0 radical (unpaired) electrons. The number of para-hydroxylation sites is 1. The van der Waals surface area contributed by atoms with Gasteiger partial charge in [-0.05, 0) is 59.6 Å². The van der Waals surface area contributed by atoms with Crippen LogP contribution in [0.15, 0.2) is 39.7 Å². The monoisotopic (exact) mass is 450 g/mol. The number of thiocarbonyl (C=S) groups is 1. The van der Waals surface area contributed by atoms with Crippen molar-refractivity contribution in [2.24, 2.45) is 0 Å². The van der Waals surface area contributed by atoms with Crippen molar-refractivity contribution >= 4 is 62.2 Å². The lowest BCUT2D eigenvalue weighted by Gasteiger charge is -2.11. The van der Waals surface area contributed by atoms with Crippen LogP contribution < -0.4 is 0 Å². The molecule has 2 heterocycles. The fourth-order valence-corrected chi connectivity index (χ4v) is 4.56. The minimum Gasteiger partial charge on any atom is -0.480 e. The molecule has 0 unspecified atom stereocenters. The molecule has 26 heavy (non-hydrogen) atoms. The summed E-state index contributed by atoms with van der Waals surface area (Å²) in [7, 11) is 0. The highest BCUT2D eigenvalue weighted by Crippen LogP contribution is 2.34. The Morgan fingerprint density at radius 3 is 2.69 bits per heavy atom. The fraction of sp³-hybridized carbons (Fsp3) is 0.167. The number of hydrogen-bond donors (Lipinski definition) is 1. The number of amides is 1. The average molecular weight is 451 g/mol. The first-order chi connectivity index (χ1) is 12.3. The maximum atomic E-state index is 12.5. The number of aliphatic carboxylic acids is 1. The molecule has 134 valence electrons. The van der Waals surface area contributed by atoms with E-state index in [0.29, 0.717) is 4.91 Å². The first-order valence-corrected chi connectivity index (χ1v) is 9.72. The first-order valence-electron chi connectivity index (χ1n) is 7.70. The number of thioether (sulfide) groups is 1. The van der Waals surface area contributed by atoms with Crippen molar-refractivity contribution in [1.82, 2.24) is 9.47 Å². The molecular weight excluding hydrogens is 436 g/mol. The Hall–Kier alpha value is -1.90. The van der Waals surface area contributed by atoms with Gasteiger partial charge in [0, 0.05) is 15.9 Å². The zero-order chi connectivity index (χ0) is 19.0. The number of carboxylic acids is 1. The second kappa shape index (κ2) is 7.38. The molecule has 3 rings (SSSR count). The van der Waals surface area contributed by atoms with E-state index < -0.39 is 12.5 Å². The summed E-state index contributed by atoms with van der Waals surface area (Å²) in [5.74, 6) is -1.46. The van der Waals surface area contributed by atoms with E-state index in [1.807, 2.05) is 44.2 Å². The molecule has 1 fully saturated rings. The zero-order valence-corrected chi connectivity index (χ0v) is 17.2. The largest absolute Gasteiger partial charge is 0.480 e. The van der Waals surface area contributed by atoms with Gasteiger partial charge in [0.1, 0.15) is 10.9 Å². The second-order valence-corrected chi connectivity index (χ2v) is 8.30. The summed E-state index contributed by atoms with van der Waals surface area (Å²) in [4.78, 5) is 24.9. The molecule has 2 aromatic rings. The third-order valence-electron chi connectivity index (χ3n) is 4.02. The number of halogens is 1. The van der Waals surface area contributed by atoms with Crippen molar-refractivity contribution in [2.75, 3.05) is 6.54 Å². The first kappa shape index (κ1) is 18.9. The number of aryl methyl sites for hydroxylation is 1. The number of benzene rings is 1. The van der Waals surface area contributed by atoms with Crippen molar-refractivity contribution in [3.63, 3.8) is 0 Å². The summed E-state index contributed by atoms with van der Waals surface area (Å²) in [6, 6.07) is 9.91. The molecule has 1 aromatic carbocycles. The molecule has 1 N–H and O–H groups in total. The molecule has 1 aromatic heterocycles. The maximum absolute atomic E-state index is 12.5. The van der Waals surface area contributed by atoms with E-state index in [1.165, 1.54) is 0 Å². The predicted molar refractivity (Wildman–Crippen MR) is 110 cm³/mol. The topological polar surface area (TPSA) is 62.5 Å². The van der Waals surface area contributed by atoms with Gasteiger partial charge in [0.15, 0.2) is 0 Å². The zero-order valence-electron chi connectivity index (χ0n) is 14.0. The number of carboxylic acid groups (broad SMARTS) is 1. The highest BCUT2D eigenvalue weighted by atomic mass is 79.9. The summed E-state index contributed by atoms with van der Waals surface area (Å²) >= 11 is 9.84. The van der Waals surface area contributed by atoms with Gasteiger partial charge in [-0.25, -0.2) is 0 Å². The Morgan fingerprint density at radius 1 is 1.35 bits per heavy atom. The van der Waals surface area contributed by atoms with Gasteiger partial charge in [0.05, 0.1) is 10.6 Å². The van der Waals surface area contributed by atoms with Gasteiger partial charge < -0.3 is 9.67 Å². The van der Waals surface area contributed by atoms with Crippen molar-refractivity contribution in [1.29, 1.82) is 0 Å². The van der Waals surface area contributed by atoms with Gasteiger partial charge in [0.2, 0.25) is 0 Å². The molecular formula is C18H15BrN2O3S2. The molecule has 0 atom stereocenters. The van der Waals surface area contributed by atoms with Crippen molar-refractivity contribution in [3.8, 4) is 5.69 Å². The van der Waals surface area contributed by atoms with Gasteiger partial charge in [-0.3, -0.25) is 14.5 Å². The number of carbonyl (C=O) groups excluding carboxylic acids is 1. The molecule has 0 aliphatic carbocycles. The summed E-state index contributed by atoms with van der Waals surface area (Å²) in [6.45, 7) is 3.56. The van der Waals surface area contributed by atoms with E-state index in [2.05, 4.69) is 20.5 Å². The van der Waals surface area contributed by atoms with Crippen LogP contribution in [0.5, 0.6) is 0 Å². The lowest BCUT2D eigenvalue weighted by Crippen LogP contribution is -2.33. The molecule has 1 saturated heterocycles. The lowest BCUT2D eigenvalue weighted by atomic mass is 10.2. The number of rotatable bonds is 4. The summed E-state index contributed by atoms with van der Waals surface area (Å²) < 4.78 is 3.35. The molecule has 0 spiro atoms. The summed E-state index contributed by atoms with van der Waals surface area (Å²) in [6.07, 6.45) is 1.77. The van der Waals surface area contributed by atoms with Crippen LogP contribution in [0.25, 0.3) is 11.8 Å². The quantitative estimate of drug-likeness (QED) is 0.559. The van der Waals surface area contributed by atoms with Crippen molar-refractivity contribution < 1.29 is 14.7 Å². The van der Waals surface area contributed by atoms with Gasteiger partial charge >= 0.3 is 5.97 Å². The number of aromatic nitrogens is 1. The minimum absolute atomic E-state index is 0.267. The molecule has 1 aliphatic heterocycles. The van der Waals surface area contributed by atoms with Crippen LogP contribution in [0.2, 0.25) is 0 Å². The van der Waals surface area contributed by atoms with Crippen LogP contribution in [-0.2, 0) is 9.59 Å². The Morgan fingerprint density at radius 2 is 2.04 bits per heavy atom. The average Bonchev–Trinajstić information content (AvgIpc) is 2.99. The van der Waals surface area contributed by atoms with E-state index in [0.717, 1.165) is 43.8 Å². The highest BCUT2D eigenvalue weighted by molar-refractivity contribution is 9.10. The molecule has 0 saturated carbocycles. The Kier molecular flexibility index (Phi) is 5.36. The van der Waals surface area contributed by atoms with Gasteiger partial charge in [-0.2, -0.15) is 0 Å². The molecule has 1 aliphatic rings. The summed E-state index contributed by atoms with van der Waals surface area (Å²) in [5, 5.41) is 8.93. The van der Waals surface area contributed by atoms with Gasteiger partial charge in [-0.1, -0.05) is 36.1 Å². The van der Waals surface area contributed by atoms with E-state index in [-0.39, 0.29) is 10.2 Å². The lowest BCUT2D eigenvalue weighted by molar-refractivity contribution is -0.140. The fourth-order valence-electron chi connectivity index (χ4n) is 2.85. The summed E-state index contributed by atoms with van der Waals surface area (Å²) in [5.41, 5.74) is 3.93. The molecule has 0 bridgehead atoms. The van der Waals surface area contributed by atoms with E-state index in [9.17, 15) is 9.59 Å². The Balaban J connectivity index is 2.00. The van der Waals surface area contributed by atoms with Crippen LogP contribution in [0.1, 0.15) is 17.0 Å². The standard InChI is InChI=1S/C18H15BrN2O3S2/c1-10-7-12(11(2)21(10)14-6-4-3-5-13(14)19)8-15-17(24)20(9-16(22)23)18(25)26-15/h3-8H,9H2,1-2H3,(H,22,23)/b15-8+. The van der Waals surface area contributed by atoms with Gasteiger partial charge in [0.25, 0.3) is 5.91 Å². The van der Waals surface area contributed by atoms with Crippen molar-refractivity contribution in [3.05, 3.63) is 56.7 Å². The van der Waals surface area contributed by atoms with Crippen LogP contribution in [0.3, 0.4) is 0 Å². The highest BCUT2D eigenvalue weighted by Gasteiger charge is 2.33. The van der Waals surface area contributed by atoms with Crippen LogP contribution in [-0.4, -0.2) is 37.3 Å². The number of hydrogen-bond acceptors (Lipinski definition) is 4. The third kappa shape index (κ3) is 3.49. The van der Waals surface area contributed by atoms with Crippen molar-refractivity contribution in [2.45, 2.75) is 13.8 Å². The van der Waals surface area contributed by atoms with E-state index in [4.69, 9.17) is 17.3 Å². The van der Waals surface area contributed by atoms with Crippen LogP contribution >= 0.6 is 39.9 Å². The number of carbonyl (C=O) groups is 2. The molecule has 8 heteroatoms. The molecule has 1 amide bonds. The van der Waals surface area contributed by atoms with E-state index in [1.54, 1.807) is 6.08 Å². The SMILES string of the molecule is Cc1cc(/C=C2/SC(=S)N(CC(=O)O)C2=O)c(C)n1-c1ccccc1Br. The predicted octanol–water partition coefficient (Wildman–Crippen LogP) is 4.14. The molecule has 5 nitrogen and oxygen atoms in total. The number of nitrogens with zero attached hydrogens (tertiary/aromatic N) is 2. The van der Waals surface area contributed by atoms with Gasteiger partial charge in [-0.15, -0.1) is 0 Å². The van der Waals surface area contributed by atoms with Crippen LogP contribution in [0, 0.1) is 13.8 Å². The maximum Gasteiger partial charge on any atom is 0.323 e. The normalized spacial score (nSPS) is 16.0. The minimum atomic E-state index is -1.09. The second-order valence-electron chi connectivity index (χ2n) is 5.77. The Labute approximate surface area is 168 Å². The van der Waals surface area contributed by atoms with Crippen LogP contribution in [0.4, 0.5) is 0 Å². The third-order valence-corrected chi connectivity index (χ3v) is 6.07. The Bertz CT molecular complexity index is 965.